The Hall–Kier alpha value is -3.15. The second-order valence-electron chi connectivity index (χ2n) is 11.2. The Morgan fingerprint density at radius 3 is 2.32 bits per heavy atom. The highest BCUT2D eigenvalue weighted by molar-refractivity contribution is 6.06. The number of nitrogens with zero attached hydrogens (tertiary/aromatic N) is 1. The highest BCUT2D eigenvalue weighted by atomic mass is 16.2. The largest absolute Gasteiger partial charge is 0.369 e. The molecule has 3 unspecified atom stereocenters. The minimum Gasteiger partial charge on any atom is -0.369 e. The van der Waals surface area contributed by atoms with Crippen molar-refractivity contribution >= 4 is 23.4 Å². The lowest BCUT2D eigenvalue weighted by molar-refractivity contribution is -0.136. The molecule has 0 radical (unpaired) electrons. The smallest absolute Gasteiger partial charge is 0.254 e. The van der Waals surface area contributed by atoms with E-state index < -0.39 is 23.8 Å². The molecule has 1 heterocycles. The third-order valence-corrected chi connectivity index (χ3v) is 8.00. The summed E-state index contributed by atoms with van der Waals surface area (Å²) in [6, 6.07) is 15.0. The summed E-state index contributed by atoms with van der Waals surface area (Å²) in [4.78, 5) is 42.5. The van der Waals surface area contributed by atoms with Crippen LogP contribution >= 0.6 is 0 Å². The van der Waals surface area contributed by atoms with E-state index in [9.17, 15) is 14.4 Å². The number of amides is 3. The van der Waals surface area contributed by atoms with Crippen molar-refractivity contribution in [3.8, 4) is 11.1 Å². The fourth-order valence-electron chi connectivity index (χ4n) is 5.78. The number of rotatable bonds is 11. The molecule has 4 rings (SSSR count). The first kappa shape index (κ1) is 26.9. The number of carbonyl (C=O) groups excluding carboxylic acids is 3. The topological polar surface area (TPSA) is 92.5 Å². The molecule has 6 nitrogen and oxygen atoms in total. The van der Waals surface area contributed by atoms with Crippen molar-refractivity contribution in [1.82, 2.24) is 5.32 Å². The number of unbranched alkanes of at least 4 members (excludes halogenated alkanes) is 1. The van der Waals surface area contributed by atoms with Crippen LogP contribution in [-0.4, -0.2) is 24.3 Å². The summed E-state index contributed by atoms with van der Waals surface area (Å²) in [5, 5.41) is 3.12. The predicted octanol–water partition coefficient (Wildman–Crippen LogP) is 5.61. The summed E-state index contributed by atoms with van der Waals surface area (Å²) >= 11 is 0. The summed E-state index contributed by atoms with van der Waals surface area (Å²) in [6.07, 6.45) is 6.28. The average molecular weight is 504 g/mol. The zero-order valence-electron chi connectivity index (χ0n) is 22.4. The minimum absolute atomic E-state index is 0.120. The summed E-state index contributed by atoms with van der Waals surface area (Å²) < 4.78 is 0. The van der Waals surface area contributed by atoms with Crippen molar-refractivity contribution in [3.05, 3.63) is 54.1 Å². The van der Waals surface area contributed by atoms with Gasteiger partial charge in [0.05, 0.1) is 5.69 Å². The fraction of sp³-hybridized carbons (Fsp3) is 0.516. The number of nitrogens with two attached hydrogens (primary N) is 1. The van der Waals surface area contributed by atoms with Crippen LogP contribution in [0.5, 0.6) is 0 Å². The zero-order chi connectivity index (χ0) is 26.5. The summed E-state index contributed by atoms with van der Waals surface area (Å²) in [5.74, 6) is -1.29. The number of anilines is 1. The Bertz CT molecular complexity index is 1120. The Balaban J connectivity index is 1.72. The lowest BCUT2D eigenvalue weighted by Gasteiger charge is -2.34. The summed E-state index contributed by atoms with van der Waals surface area (Å²) in [5.41, 5.74) is 9.44. The Kier molecular flexibility index (Phi) is 8.67. The van der Waals surface area contributed by atoms with E-state index in [1.165, 1.54) is 6.42 Å². The molecule has 1 fully saturated rings. The van der Waals surface area contributed by atoms with Gasteiger partial charge < -0.3 is 16.0 Å². The molecule has 0 aromatic heterocycles. The van der Waals surface area contributed by atoms with Gasteiger partial charge in [-0.05, 0) is 54.7 Å². The van der Waals surface area contributed by atoms with E-state index in [0.29, 0.717) is 25.3 Å². The molecule has 0 spiro atoms. The molecule has 3 amide bonds. The van der Waals surface area contributed by atoms with Crippen LogP contribution in [0.1, 0.15) is 77.3 Å². The van der Waals surface area contributed by atoms with Crippen molar-refractivity contribution in [2.75, 3.05) is 11.4 Å². The molecule has 1 saturated carbocycles. The second-order valence-corrected chi connectivity index (χ2v) is 11.2. The quantitative estimate of drug-likeness (QED) is 0.417. The van der Waals surface area contributed by atoms with E-state index in [0.717, 1.165) is 48.1 Å². The normalized spacial score (nSPS) is 18.9. The SMILES string of the molecule is CCCCC(C(N)=O)C(CC(C)C)C(=O)NC1C(=O)N(CC2CCC2)c2ccccc2-c2ccccc21. The van der Waals surface area contributed by atoms with Gasteiger partial charge in [0.2, 0.25) is 11.8 Å². The van der Waals surface area contributed by atoms with E-state index in [1.54, 1.807) is 0 Å². The molecule has 1 aliphatic heterocycles. The maximum atomic E-state index is 14.2. The Labute approximate surface area is 221 Å². The summed E-state index contributed by atoms with van der Waals surface area (Å²) in [6.45, 7) is 6.79. The van der Waals surface area contributed by atoms with Gasteiger partial charge >= 0.3 is 0 Å². The van der Waals surface area contributed by atoms with Crippen molar-refractivity contribution in [1.29, 1.82) is 0 Å². The maximum absolute atomic E-state index is 14.2. The first-order valence-electron chi connectivity index (χ1n) is 13.9. The molecule has 0 saturated heterocycles. The molecule has 3 atom stereocenters. The minimum atomic E-state index is -0.828. The van der Waals surface area contributed by atoms with E-state index in [2.05, 4.69) is 18.3 Å². The number of hydrogen-bond donors (Lipinski definition) is 2. The van der Waals surface area contributed by atoms with E-state index >= 15 is 0 Å². The standard InChI is InChI=1S/C31H41N3O3/c1-4-5-13-25(29(32)35)26(18-20(2)3)30(36)33-28-24-16-7-6-14-22(24)23-15-8-9-17-27(23)34(31(28)37)19-21-11-10-12-21/h6-9,14-17,20-21,25-26,28H,4-5,10-13,18-19H2,1-3H3,(H2,32,35)(H,33,36). The monoisotopic (exact) mass is 503 g/mol. The van der Waals surface area contributed by atoms with Crippen molar-refractivity contribution < 1.29 is 14.4 Å². The third kappa shape index (κ3) is 5.89. The van der Waals surface area contributed by atoms with Crippen LogP contribution in [0.2, 0.25) is 0 Å². The Morgan fingerprint density at radius 2 is 1.70 bits per heavy atom. The van der Waals surface area contributed by atoms with Gasteiger partial charge in [-0.15, -0.1) is 0 Å². The van der Waals surface area contributed by atoms with Gasteiger partial charge in [-0.25, -0.2) is 0 Å². The number of hydrogen-bond acceptors (Lipinski definition) is 3. The number of para-hydroxylation sites is 1. The van der Waals surface area contributed by atoms with Crippen LogP contribution in [0, 0.1) is 23.7 Å². The van der Waals surface area contributed by atoms with Crippen LogP contribution in [0.15, 0.2) is 48.5 Å². The highest BCUT2D eigenvalue weighted by Crippen LogP contribution is 2.42. The molecular formula is C31H41N3O3. The molecule has 37 heavy (non-hydrogen) atoms. The van der Waals surface area contributed by atoms with Gasteiger partial charge in [-0.2, -0.15) is 0 Å². The molecule has 0 bridgehead atoms. The first-order chi connectivity index (χ1) is 17.8. The van der Waals surface area contributed by atoms with Crippen LogP contribution in [0.25, 0.3) is 11.1 Å². The van der Waals surface area contributed by atoms with E-state index in [1.807, 2.05) is 61.2 Å². The molecular weight excluding hydrogens is 462 g/mol. The fourth-order valence-corrected chi connectivity index (χ4v) is 5.78. The van der Waals surface area contributed by atoms with E-state index in [4.69, 9.17) is 5.73 Å². The van der Waals surface area contributed by atoms with Crippen LogP contribution < -0.4 is 16.0 Å². The lowest BCUT2D eigenvalue weighted by atomic mass is 9.81. The Morgan fingerprint density at radius 1 is 1.03 bits per heavy atom. The predicted molar refractivity (Wildman–Crippen MR) is 148 cm³/mol. The molecule has 2 aromatic carbocycles. The number of primary amides is 1. The van der Waals surface area contributed by atoms with Gasteiger partial charge in [-0.3, -0.25) is 14.4 Å². The second kappa shape index (κ2) is 11.9. The highest BCUT2D eigenvalue weighted by Gasteiger charge is 2.39. The third-order valence-electron chi connectivity index (χ3n) is 8.00. The van der Waals surface area contributed by atoms with Gasteiger partial charge in [0, 0.05) is 23.9 Å². The number of benzene rings is 2. The molecule has 6 heteroatoms. The maximum Gasteiger partial charge on any atom is 0.254 e. The van der Waals surface area contributed by atoms with Crippen LogP contribution in [-0.2, 0) is 14.4 Å². The summed E-state index contributed by atoms with van der Waals surface area (Å²) in [7, 11) is 0. The van der Waals surface area contributed by atoms with Crippen molar-refractivity contribution in [3.63, 3.8) is 0 Å². The average Bonchev–Trinajstić information content (AvgIpc) is 2.94. The molecule has 2 aliphatic rings. The van der Waals surface area contributed by atoms with Gasteiger partial charge in [0.25, 0.3) is 5.91 Å². The first-order valence-corrected chi connectivity index (χ1v) is 13.9. The van der Waals surface area contributed by atoms with Crippen LogP contribution in [0.4, 0.5) is 5.69 Å². The van der Waals surface area contributed by atoms with E-state index in [-0.39, 0.29) is 17.7 Å². The van der Waals surface area contributed by atoms with Crippen molar-refractivity contribution in [2.45, 2.75) is 71.8 Å². The van der Waals surface area contributed by atoms with Crippen molar-refractivity contribution in [2.24, 2.45) is 29.4 Å². The zero-order valence-corrected chi connectivity index (χ0v) is 22.4. The molecule has 1 aliphatic carbocycles. The van der Waals surface area contributed by atoms with Gasteiger partial charge in [0.1, 0.15) is 6.04 Å². The number of nitrogens with one attached hydrogen (secondary N) is 1. The molecule has 3 N–H and O–H groups in total. The van der Waals surface area contributed by atoms with Gasteiger partial charge in [0.15, 0.2) is 0 Å². The van der Waals surface area contributed by atoms with Gasteiger partial charge in [-0.1, -0.05) is 82.5 Å². The van der Waals surface area contributed by atoms with Crippen LogP contribution in [0.3, 0.4) is 0 Å². The lowest BCUT2D eigenvalue weighted by Crippen LogP contribution is -2.48. The molecule has 198 valence electrons. The molecule has 2 aromatic rings. The number of fused-ring (bicyclic) bond motifs is 3. The number of carbonyl (C=O) groups is 3.